The number of rotatable bonds is 8. The van der Waals surface area contributed by atoms with Gasteiger partial charge in [-0.1, -0.05) is 43.2 Å². The van der Waals surface area contributed by atoms with E-state index in [2.05, 4.69) is 44.9 Å². The zero-order valence-corrected chi connectivity index (χ0v) is 20.3. The van der Waals surface area contributed by atoms with E-state index in [9.17, 15) is 0 Å². The summed E-state index contributed by atoms with van der Waals surface area (Å²) in [7, 11) is 3.33. The number of hydrogen-bond donors (Lipinski definition) is 1. The molecule has 2 N–H and O–H groups in total. The molecule has 1 aliphatic rings. The highest BCUT2D eigenvalue weighted by Crippen LogP contribution is 2.42. The molecule has 4 aromatic rings. The predicted octanol–water partition coefficient (Wildman–Crippen LogP) is 5.55. The van der Waals surface area contributed by atoms with Gasteiger partial charge in [-0.05, 0) is 54.3 Å². The molecule has 1 atom stereocenters. The van der Waals surface area contributed by atoms with Crippen molar-refractivity contribution in [3.8, 4) is 11.5 Å². The van der Waals surface area contributed by atoms with Crippen molar-refractivity contribution < 1.29 is 9.47 Å². The first-order chi connectivity index (χ1) is 16.7. The van der Waals surface area contributed by atoms with Gasteiger partial charge in [-0.15, -0.1) is 0 Å². The molecular formula is C26H29N5O2S. The second kappa shape index (κ2) is 9.93. The van der Waals surface area contributed by atoms with Crippen molar-refractivity contribution in [1.29, 1.82) is 0 Å². The Balaban J connectivity index is 1.60. The Morgan fingerprint density at radius 2 is 1.85 bits per heavy atom. The summed E-state index contributed by atoms with van der Waals surface area (Å²) in [6.45, 7) is 0.774. The third-order valence-corrected chi connectivity index (χ3v) is 7.71. The van der Waals surface area contributed by atoms with E-state index in [1.54, 1.807) is 14.2 Å². The second-order valence-electron chi connectivity index (χ2n) is 8.62. The van der Waals surface area contributed by atoms with Gasteiger partial charge in [0.15, 0.2) is 22.1 Å². The molecule has 5 rings (SSSR count). The number of nitrogens with zero attached hydrogens (tertiary/aromatic N) is 4. The minimum atomic E-state index is 0.365. The number of benzene rings is 2. The van der Waals surface area contributed by atoms with Crippen LogP contribution in [0.25, 0.3) is 11.2 Å². The number of hydrogen-bond acceptors (Lipinski definition) is 7. The molecule has 176 valence electrons. The standard InChI is InChI=1S/C26H29N5O2S/c1-32-19-12-13-21(33-2)22(14-19)34-26-30-23-24(27)28-16-29-25(23)31(26)15-20(18-10-6-7-11-18)17-8-4-3-5-9-17/h3-5,8-9,12-14,16,18,20H,6-7,10-11,15H2,1-2H3,(H2,27,28,29). The van der Waals surface area contributed by atoms with Gasteiger partial charge in [0.05, 0.1) is 19.1 Å². The summed E-state index contributed by atoms with van der Waals surface area (Å²) in [6.07, 6.45) is 6.58. The van der Waals surface area contributed by atoms with E-state index >= 15 is 0 Å². The maximum Gasteiger partial charge on any atom is 0.175 e. The summed E-state index contributed by atoms with van der Waals surface area (Å²) < 4.78 is 13.3. The molecule has 0 radical (unpaired) electrons. The molecule has 0 amide bonds. The second-order valence-corrected chi connectivity index (χ2v) is 9.63. The lowest BCUT2D eigenvalue weighted by atomic mass is 9.84. The maximum absolute atomic E-state index is 6.22. The Morgan fingerprint density at radius 1 is 1.06 bits per heavy atom. The molecule has 1 aliphatic carbocycles. The minimum absolute atomic E-state index is 0.365. The number of ether oxygens (including phenoxy) is 2. The average molecular weight is 476 g/mol. The van der Waals surface area contributed by atoms with Crippen molar-refractivity contribution in [2.75, 3.05) is 20.0 Å². The van der Waals surface area contributed by atoms with E-state index in [-0.39, 0.29) is 0 Å². The quantitative estimate of drug-likeness (QED) is 0.357. The topological polar surface area (TPSA) is 88.1 Å². The Kier molecular flexibility index (Phi) is 6.58. The Bertz CT molecular complexity index is 1270. The minimum Gasteiger partial charge on any atom is -0.497 e. The largest absolute Gasteiger partial charge is 0.497 e. The van der Waals surface area contributed by atoms with Crippen molar-refractivity contribution in [2.24, 2.45) is 5.92 Å². The molecule has 0 spiro atoms. The molecule has 0 bridgehead atoms. The van der Waals surface area contributed by atoms with E-state index in [1.807, 2.05) is 18.2 Å². The number of nitrogens with two attached hydrogens (primary N) is 1. The SMILES string of the molecule is COc1ccc(OC)c(Sc2nc3c(N)ncnc3n2CC(c2ccccc2)C2CCCC2)c1. The molecule has 1 unspecified atom stereocenters. The third-order valence-electron chi connectivity index (χ3n) is 6.67. The van der Waals surface area contributed by atoms with E-state index in [0.29, 0.717) is 23.2 Å². The van der Waals surface area contributed by atoms with Gasteiger partial charge in [0.25, 0.3) is 0 Å². The van der Waals surface area contributed by atoms with Crippen LogP contribution in [-0.2, 0) is 6.54 Å². The van der Waals surface area contributed by atoms with Crippen LogP contribution in [0.3, 0.4) is 0 Å². The molecule has 0 aliphatic heterocycles. The molecule has 1 saturated carbocycles. The molecular weight excluding hydrogens is 446 g/mol. The summed E-state index contributed by atoms with van der Waals surface area (Å²) in [5.74, 6) is 2.91. The van der Waals surface area contributed by atoms with Crippen molar-refractivity contribution in [1.82, 2.24) is 19.5 Å². The molecule has 8 heteroatoms. The van der Waals surface area contributed by atoms with Crippen LogP contribution in [-0.4, -0.2) is 33.7 Å². The molecule has 1 fully saturated rings. The summed E-state index contributed by atoms with van der Waals surface area (Å²) in [6, 6.07) is 16.6. The fraction of sp³-hybridized carbons (Fsp3) is 0.346. The molecule has 34 heavy (non-hydrogen) atoms. The Hall–Kier alpha value is -3.26. The lowest BCUT2D eigenvalue weighted by Gasteiger charge is -2.25. The Morgan fingerprint density at radius 3 is 2.59 bits per heavy atom. The van der Waals surface area contributed by atoms with E-state index in [1.165, 1.54) is 49.3 Å². The Labute approximate surface area is 203 Å². The van der Waals surface area contributed by atoms with Crippen molar-refractivity contribution in [3.63, 3.8) is 0 Å². The van der Waals surface area contributed by atoms with Crippen LogP contribution < -0.4 is 15.2 Å². The first-order valence-corrected chi connectivity index (χ1v) is 12.4. The number of imidazole rings is 1. The smallest absolute Gasteiger partial charge is 0.175 e. The van der Waals surface area contributed by atoms with Crippen molar-refractivity contribution >= 4 is 28.7 Å². The number of fused-ring (bicyclic) bond motifs is 1. The van der Waals surface area contributed by atoms with Crippen molar-refractivity contribution in [2.45, 2.75) is 48.2 Å². The van der Waals surface area contributed by atoms with Gasteiger partial charge in [0, 0.05) is 12.5 Å². The zero-order chi connectivity index (χ0) is 23.5. The average Bonchev–Trinajstić information content (AvgIpc) is 3.52. The predicted molar refractivity (Wildman–Crippen MR) is 135 cm³/mol. The van der Waals surface area contributed by atoms with Gasteiger partial charge < -0.3 is 19.8 Å². The first-order valence-electron chi connectivity index (χ1n) is 11.6. The van der Waals surface area contributed by atoms with Gasteiger partial charge >= 0.3 is 0 Å². The fourth-order valence-corrected chi connectivity index (χ4v) is 5.95. The van der Waals surface area contributed by atoms with Crippen LogP contribution in [0.1, 0.15) is 37.2 Å². The number of nitrogen functional groups attached to an aromatic ring is 1. The zero-order valence-electron chi connectivity index (χ0n) is 19.5. The normalized spacial score (nSPS) is 15.0. The number of aromatic nitrogens is 4. The van der Waals surface area contributed by atoms with Crippen LogP contribution >= 0.6 is 11.8 Å². The number of anilines is 1. The summed E-state index contributed by atoms with van der Waals surface area (Å²) in [4.78, 5) is 14.6. The van der Waals surface area contributed by atoms with Gasteiger partial charge in [-0.2, -0.15) is 0 Å². The van der Waals surface area contributed by atoms with Gasteiger partial charge in [0.1, 0.15) is 17.8 Å². The molecule has 7 nitrogen and oxygen atoms in total. The van der Waals surface area contributed by atoms with Gasteiger partial charge in [-0.3, -0.25) is 0 Å². The lowest BCUT2D eigenvalue weighted by Crippen LogP contribution is -2.18. The van der Waals surface area contributed by atoms with E-state index < -0.39 is 0 Å². The van der Waals surface area contributed by atoms with Crippen LogP contribution in [0.4, 0.5) is 5.82 Å². The van der Waals surface area contributed by atoms with Crippen LogP contribution in [0, 0.1) is 5.92 Å². The lowest BCUT2D eigenvalue weighted by molar-refractivity contribution is 0.381. The van der Waals surface area contributed by atoms with Crippen LogP contribution in [0.5, 0.6) is 11.5 Å². The highest BCUT2D eigenvalue weighted by molar-refractivity contribution is 7.99. The fourth-order valence-electron chi connectivity index (χ4n) is 4.92. The van der Waals surface area contributed by atoms with E-state index in [0.717, 1.165) is 33.7 Å². The highest BCUT2D eigenvalue weighted by Gasteiger charge is 2.29. The van der Waals surface area contributed by atoms with Crippen LogP contribution in [0.15, 0.2) is 64.9 Å². The maximum atomic E-state index is 6.22. The molecule has 2 heterocycles. The van der Waals surface area contributed by atoms with Crippen molar-refractivity contribution in [3.05, 3.63) is 60.4 Å². The van der Waals surface area contributed by atoms with E-state index in [4.69, 9.17) is 20.2 Å². The first kappa shape index (κ1) is 22.5. The molecule has 0 saturated heterocycles. The summed E-state index contributed by atoms with van der Waals surface area (Å²) >= 11 is 1.53. The molecule has 2 aromatic heterocycles. The number of methoxy groups -OCH3 is 2. The highest BCUT2D eigenvalue weighted by atomic mass is 32.2. The monoisotopic (exact) mass is 475 g/mol. The van der Waals surface area contributed by atoms with Gasteiger partial charge in [-0.25, -0.2) is 15.0 Å². The van der Waals surface area contributed by atoms with Crippen LogP contribution in [0.2, 0.25) is 0 Å². The molecule has 2 aromatic carbocycles. The summed E-state index contributed by atoms with van der Waals surface area (Å²) in [5.41, 5.74) is 8.96. The third kappa shape index (κ3) is 4.42. The van der Waals surface area contributed by atoms with Gasteiger partial charge in [0.2, 0.25) is 0 Å². The summed E-state index contributed by atoms with van der Waals surface area (Å²) in [5, 5.41) is 0.813.